The van der Waals surface area contributed by atoms with Gasteiger partial charge in [-0.3, -0.25) is 9.59 Å². The van der Waals surface area contributed by atoms with Crippen molar-refractivity contribution >= 4 is 29.3 Å². The van der Waals surface area contributed by atoms with Crippen LogP contribution in [0.25, 0.3) is 0 Å². The Labute approximate surface area is 124 Å². The Morgan fingerprint density at radius 1 is 1.25 bits per heavy atom. The van der Waals surface area contributed by atoms with Crippen molar-refractivity contribution in [2.75, 3.05) is 5.32 Å². The number of rotatable bonds is 7. The number of benzene rings is 1. The maximum atomic E-state index is 11.9. The molecule has 0 aromatic heterocycles. The van der Waals surface area contributed by atoms with E-state index in [2.05, 4.69) is 5.32 Å². The predicted molar refractivity (Wildman–Crippen MR) is 82.1 cm³/mol. The minimum Gasteiger partial charge on any atom is -0.480 e. The molecule has 1 amide bonds. The van der Waals surface area contributed by atoms with Gasteiger partial charge in [0.1, 0.15) is 5.25 Å². The highest BCUT2D eigenvalue weighted by Gasteiger charge is 2.19. The zero-order valence-electron chi connectivity index (χ0n) is 12.1. The number of aliphatic carboxylic acids is 1. The van der Waals surface area contributed by atoms with Crippen molar-refractivity contribution in [1.29, 1.82) is 0 Å². The molecule has 0 saturated heterocycles. The number of amides is 1. The van der Waals surface area contributed by atoms with Gasteiger partial charge in [-0.05, 0) is 25.0 Å². The topological polar surface area (TPSA) is 66.4 Å². The third kappa shape index (κ3) is 4.56. The van der Waals surface area contributed by atoms with Crippen molar-refractivity contribution in [2.24, 2.45) is 5.92 Å². The van der Waals surface area contributed by atoms with Gasteiger partial charge in [0.05, 0.1) is 5.69 Å². The van der Waals surface area contributed by atoms with E-state index in [4.69, 9.17) is 5.11 Å². The molecule has 2 N–H and O–H groups in total. The van der Waals surface area contributed by atoms with Crippen LogP contribution in [0.2, 0.25) is 0 Å². The fourth-order valence-corrected chi connectivity index (χ4v) is 2.55. The van der Waals surface area contributed by atoms with Gasteiger partial charge < -0.3 is 10.4 Å². The van der Waals surface area contributed by atoms with E-state index in [9.17, 15) is 9.59 Å². The van der Waals surface area contributed by atoms with Crippen molar-refractivity contribution in [2.45, 2.75) is 43.8 Å². The Morgan fingerprint density at radius 2 is 1.90 bits per heavy atom. The molecule has 1 aromatic carbocycles. The molecule has 0 saturated carbocycles. The third-order valence-corrected chi connectivity index (χ3v) is 4.55. The van der Waals surface area contributed by atoms with Crippen molar-refractivity contribution in [3.63, 3.8) is 0 Å². The van der Waals surface area contributed by atoms with Gasteiger partial charge in [0.25, 0.3) is 0 Å². The lowest BCUT2D eigenvalue weighted by molar-refractivity contribution is -0.136. The Kier molecular flexibility index (Phi) is 6.58. The quantitative estimate of drug-likeness (QED) is 0.754. The second kappa shape index (κ2) is 7.94. The molecule has 0 bridgehead atoms. The number of thioether (sulfide) groups is 1. The first-order chi connectivity index (χ1) is 9.49. The van der Waals surface area contributed by atoms with E-state index >= 15 is 0 Å². The number of carbonyl (C=O) groups excluding carboxylic acids is 1. The van der Waals surface area contributed by atoms with Crippen LogP contribution in [0.4, 0.5) is 5.69 Å². The van der Waals surface area contributed by atoms with Crippen molar-refractivity contribution < 1.29 is 14.7 Å². The van der Waals surface area contributed by atoms with Crippen LogP contribution in [0.15, 0.2) is 29.2 Å². The van der Waals surface area contributed by atoms with Gasteiger partial charge in [0.15, 0.2) is 0 Å². The summed E-state index contributed by atoms with van der Waals surface area (Å²) in [5.74, 6) is -0.931. The van der Waals surface area contributed by atoms with E-state index < -0.39 is 11.2 Å². The number of hydrogen-bond donors (Lipinski definition) is 2. The van der Waals surface area contributed by atoms with Gasteiger partial charge in [-0.1, -0.05) is 32.9 Å². The minimum absolute atomic E-state index is 0.0380. The average molecular weight is 295 g/mol. The zero-order chi connectivity index (χ0) is 15.1. The Bertz CT molecular complexity index is 476. The molecule has 2 atom stereocenters. The molecule has 0 radical (unpaired) electrons. The summed E-state index contributed by atoms with van der Waals surface area (Å²) in [6, 6.07) is 7.31. The van der Waals surface area contributed by atoms with Gasteiger partial charge in [0, 0.05) is 10.8 Å². The molecule has 0 heterocycles. The second-order valence-electron chi connectivity index (χ2n) is 4.65. The van der Waals surface area contributed by atoms with Gasteiger partial charge in [-0.15, -0.1) is 11.8 Å². The fraction of sp³-hybridized carbons (Fsp3) is 0.467. The summed E-state index contributed by atoms with van der Waals surface area (Å²) >= 11 is 1.27. The Hall–Kier alpha value is -1.49. The Balaban J connectivity index is 2.88. The van der Waals surface area contributed by atoms with E-state index in [0.717, 1.165) is 11.3 Å². The molecule has 1 rings (SSSR count). The summed E-state index contributed by atoms with van der Waals surface area (Å²) < 4.78 is 0. The fourth-order valence-electron chi connectivity index (χ4n) is 1.58. The molecular formula is C15H21NO3S. The lowest BCUT2D eigenvalue weighted by atomic mass is 10.1. The van der Waals surface area contributed by atoms with E-state index in [1.165, 1.54) is 11.8 Å². The molecule has 0 fully saturated rings. The number of carboxylic acid groups (broad SMARTS) is 1. The van der Waals surface area contributed by atoms with Crippen LogP contribution in [-0.2, 0) is 9.59 Å². The first kappa shape index (κ1) is 16.6. The van der Waals surface area contributed by atoms with Crippen LogP contribution in [0.3, 0.4) is 0 Å². The van der Waals surface area contributed by atoms with E-state index in [1.807, 2.05) is 39.0 Å². The smallest absolute Gasteiger partial charge is 0.316 e. The zero-order valence-corrected chi connectivity index (χ0v) is 12.9. The van der Waals surface area contributed by atoms with Crippen LogP contribution in [0.1, 0.15) is 33.6 Å². The SMILES string of the molecule is CC[C@H](Sc1ccccc1NC(=O)[C@@H](C)CC)C(=O)O. The number of hydrogen-bond acceptors (Lipinski definition) is 3. The second-order valence-corrected chi connectivity index (χ2v) is 5.89. The standard InChI is InChI=1S/C15H21NO3S/c1-4-10(3)14(17)16-11-8-6-7-9-13(11)20-12(5-2)15(18)19/h6-10,12H,4-5H2,1-3H3,(H,16,17)(H,18,19)/t10-,12-/m0/s1. The maximum Gasteiger partial charge on any atom is 0.316 e. The van der Waals surface area contributed by atoms with Crippen molar-refractivity contribution in [3.8, 4) is 0 Å². The van der Waals surface area contributed by atoms with Gasteiger partial charge in [0.2, 0.25) is 5.91 Å². The van der Waals surface area contributed by atoms with E-state index in [0.29, 0.717) is 12.1 Å². The van der Waals surface area contributed by atoms with Crippen LogP contribution in [0, 0.1) is 5.92 Å². The van der Waals surface area contributed by atoms with Gasteiger partial charge in [-0.25, -0.2) is 0 Å². The summed E-state index contributed by atoms with van der Waals surface area (Å²) in [5, 5.41) is 11.5. The first-order valence-electron chi connectivity index (χ1n) is 6.78. The molecule has 20 heavy (non-hydrogen) atoms. The normalized spacial score (nSPS) is 13.6. The average Bonchev–Trinajstić information content (AvgIpc) is 2.44. The number of carbonyl (C=O) groups is 2. The lowest BCUT2D eigenvalue weighted by Gasteiger charge is -2.15. The summed E-state index contributed by atoms with van der Waals surface area (Å²) in [7, 11) is 0. The summed E-state index contributed by atoms with van der Waals surface area (Å²) in [5.41, 5.74) is 0.683. The molecule has 0 aliphatic carbocycles. The highest BCUT2D eigenvalue weighted by atomic mass is 32.2. The molecule has 0 aliphatic rings. The first-order valence-corrected chi connectivity index (χ1v) is 7.66. The van der Waals surface area contributed by atoms with Gasteiger partial charge >= 0.3 is 5.97 Å². The highest BCUT2D eigenvalue weighted by molar-refractivity contribution is 8.00. The van der Waals surface area contributed by atoms with Gasteiger partial charge in [-0.2, -0.15) is 0 Å². The molecule has 110 valence electrons. The number of nitrogens with one attached hydrogen (secondary N) is 1. The predicted octanol–water partition coefficient (Wildman–Crippen LogP) is 3.63. The molecular weight excluding hydrogens is 274 g/mol. The van der Waals surface area contributed by atoms with Crippen molar-refractivity contribution in [1.82, 2.24) is 0 Å². The van der Waals surface area contributed by atoms with Crippen LogP contribution >= 0.6 is 11.8 Å². The highest BCUT2D eigenvalue weighted by Crippen LogP contribution is 2.32. The Morgan fingerprint density at radius 3 is 2.45 bits per heavy atom. The molecule has 4 nitrogen and oxygen atoms in total. The monoisotopic (exact) mass is 295 g/mol. The third-order valence-electron chi connectivity index (χ3n) is 3.12. The number of para-hydroxylation sites is 1. The summed E-state index contributed by atoms with van der Waals surface area (Å²) in [4.78, 5) is 23.9. The summed E-state index contributed by atoms with van der Waals surface area (Å²) in [6.45, 7) is 5.67. The molecule has 5 heteroatoms. The largest absolute Gasteiger partial charge is 0.480 e. The maximum absolute atomic E-state index is 11.9. The molecule has 1 aromatic rings. The van der Waals surface area contributed by atoms with E-state index in [1.54, 1.807) is 6.07 Å². The van der Waals surface area contributed by atoms with E-state index in [-0.39, 0.29) is 11.8 Å². The van der Waals surface area contributed by atoms with Crippen LogP contribution in [0.5, 0.6) is 0 Å². The van der Waals surface area contributed by atoms with Crippen LogP contribution < -0.4 is 5.32 Å². The molecule has 0 spiro atoms. The number of carboxylic acids is 1. The van der Waals surface area contributed by atoms with Crippen LogP contribution in [-0.4, -0.2) is 22.2 Å². The lowest BCUT2D eigenvalue weighted by Crippen LogP contribution is -2.20. The minimum atomic E-state index is -0.833. The molecule has 0 unspecified atom stereocenters. The van der Waals surface area contributed by atoms with Crippen molar-refractivity contribution in [3.05, 3.63) is 24.3 Å². The number of anilines is 1. The molecule has 0 aliphatic heterocycles. The summed E-state index contributed by atoms with van der Waals surface area (Å²) in [6.07, 6.45) is 1.31.